The molecule has 6 heteroatoms. The third-order valence-corrected chi connectivity index (χ3v) is 4.06. The molecule has 0 atom stereocenters. The van der Waals surface area contributed by atoms with Crippen LogP contribution in [0.5, 0.6) is 0 Å². The van der Waals surface area contributed by atoms with Crippen molar-refractivity contribution < 1.29 is 4.79 Å². The molecule has 0 radical (unpaired) electrons. The number of anilines is 1. The first-order chi connectivity index (χ1) is 8.69. The Morgan fingerprint density at radius 3 is 2.89 bits per heavy atom. The van der Waals surface area contributed by atoms with E-state index in [1.54, 1.807) is 17.2 Å². The average Bonchev–Trinajstić information content (AvgIpc) is 2.67. The van der Waals surface area contributed by atoms with Crippen molar-refractivity contribution in [3.05, 3.63) is 17.5 Å². The first-order valence-electron chi connectivity index (χ1n) is 6.18. The van der Waals surface area contributed by atoms with Crippen LogP contribution < -0.4 is 10.2 Å². The van der Waals surface area contributed by atoms with E-state index in [1.807, 2.05) is 0 Å². The Balaban J connectivity index is 1.84. The number of halogens is 1. The number of aromatic nitrogens is 2. The Bertz CT molecular complexity index is 473. The van der Waals surface area contributed by atoms with Crippen molar-refractivity contribution in [3.63, 3.8) is 0 Å². The molecule has 0 bridgehead atoms. The molecule has 5 nitrogen and oxygen atoms in total. The Morgan fingerprint density at radius 2 is 2.17 bits per heavy atom. The molecular formula is C12H15ClN4O. The fourth-order valence-electron chi connectivity index (χ4n) is 2.87. The molecular weight excluding hydrogens is 252 g/mol. The summed E-state index contributed by atoms with van der Waals surface area (Å²) in [6.45, 7) is 2.73. The maximum absolute atomic E-state index is 12.2. The minimum atomic E-state index is 0.125. The number of carbonyl (C=O) groups excluding carboxylic acids is 1. The number of piperidine rings is 1. The van der Waals surface area contributed by atoms with Gasteiger partial charge < -0.3 is 5.32 Å². The maximum Gasteiger partial charge on any atom is 0.228 e. The number of hydrogen-bond acceptors (Lipinski definition) is 4. The number of hydrogen-bond donors (Lipinski definition) is 1. The lowest BCUT2D eigenvalue weighted by Crippen LogP contribution is -2.38. The highest BCUT2D eigenvalue weighted by Crippen LogP contribution is 2.40. The van der Waals surface area contributed by atoms with Gasteiger partial charge in [-0.2, -0.15) is 0 Å². The van der Waals surface area contributed by atoms with Gasteiger partial charge in [0.15, 0.2) is 0 Å². The molecule has 3 heterocycles. The normalized spacial score (nSPS) is 22.7. The number of nitrogens with zero attached hydrogens (tertiary/aromatic N) is 3. The Kier molecular flexibility index (Phi) is 2.95. The Hall–Kier alpha value is -1.20. The smallest absolute Gasteiger partial charge is 0.228 e. The van der Waals surface area contributed by atoms with Gasteiger partial charge >= 0.3 is 0 Å². The summed E-state index contributed by atoms with van der Waals surface area (Å²) in [6.07, 6.45) is 4.31. The highest BCUT2D eigenvalue weighted by molar-refractivity contribution is 6.28. The van der Waals surface area contributed by atoms with E-state index in [9.17, 15) is 4.79 Å². The predicted molar refractivity (Wildman–Crippen MR) is 68.5 cm³/mol. The van der Waals surface area contributed by atoms with Crippen molar-refractivity contribution in [2.45, 2.75) is 19.3 Å². The highest BCUT2D eigenvalue weighted by atomic mass is 35.5. The van der Waals surface area contributed by atoms with Crippen molar-refractivity contribution in [2.75, 3.05) is 24.5 Å². The second-order valence-electron chi connectivity index (χ2n) is 5.09. The van der Waals surface area contributed by atoms with Gasteiger partial charge in [-0.1, -0.05) is 0 Å². The monoisotopic (exact) mass is 266 g/mol. The van der Waals surface area contributed by atoms with E-state index >= 15 is 0 Å². The molecule has 18 heavy (non-hydrogen) atoms. The van der Waals surface area contributed by atoms with Crippen LogP contribution in [0.4, 0.5) is 5.82 Å². The summed E-state index contributed by atoms with van der Waals surface area (Å²) < 4.78 is 0. The summed E-state index contributed by atoms with van der Waals surface area (Å²) in [4.78, 5) is 21.9. The third-order valence-electron chi connectivity index (χ3n) is 3.87. The summed E-state index contributed by atoms with van der Waals surface area (Å²) in [6, 6.07) is 1.74. The summed E-state index contributed by atoms with van der Waals surface area (Å²) in [5, 5.41) is 3.52. The number of rotatable bonds is 1. The van der Waals surface area contributed by atoms with Crippen molar-refractivity contribution in [1.82, 2.24) is 15.3 Å². The van der Waals surface area contributed by atoms with E-state index < -0.39 is 0 Å². The van der Waals surface area contributed by atoms with Crippen LogP contribution in [0.15, 0.2) is 12.3 Å². The summed E-state index contributed by atoms with van der Waals surface area (Å²) in [5.74, 6) is 0.766. The molecule has 2 aliphatic heterocycles. The SMILES string of the molecule is O=C1CC2(CCNCC2)CN1c1ccnc(Cl)n1. The van der Waals surface area contributed by atoms with Crippen LogP contribution in [0.2, 0.25) is 5.28 Å². The second kappa shape index (κ2) is 4.48. The molecule has 1 aromatic heterocycles. The van der Waals surface area contributed by atoms with Crippen LogP contribution in [-0.4, -0.2) is 35.5 Å². The molecule has 3 rings (SSSR count). The highest BCUT2D eigenvalue weighted by Gasteiger charge is 2.44. The summed E-state index contributed by atoms with van der Waals surface area (Å²) in [7, 11) is 0. The average molecular weight is 267 g/mol. The van der Waals surface area contributed by atoms with Gasteiger partial charge in [-0.3, -0.25) is 9.69 Å². The quantitative estimate of drug-likeness (QED) is 0.777. The molecule has 0 unspecified atom stereocenters. The van der Waals surface area contributed by atoms with Gasteiger partial charge in [0.05, 0.1) is 0 Å². The van der Waals surface area contributed by atoms with Gasteiger partial charge in [0.2, 0.25) is 11.2 Å². The van der Waals surface area contributed by atoms with E-state index in [0.717, 1.165) is 32.5 Å². The second-order valence-corrected chi connectivity index (χ2v) is 5.43. The lowest BCUT2D eigenvalue weighted by molar-refractivity contribution is -0.117. The van der Waals surface area contributed by atoms with E-state index in [1.165, 1.54) is 0 Å². The summed E-state index contributed by atoms with van der Waals surface area (Å²) >= 11 is 5.78. The topological polar surface area (TPSA) is 58.1 Å². The first kappa shape index (κ1) is 11.9. The van der Waals surface area contributed by atoms with Crippen molar-refractivity contribution in [2.24, 2.45) is 5.41 Å². The van der Waals surface area contributed by atoms with Gasteiger partial charge in [0.1, 0.15) is 5.82 Å². The van der Waals surface area contributed by atoms with E-state index in [2.05, 4.69) is 15.3 Å². The van der Waals surface area contributed by atoms with Crippen molar-refractivity contribution >= 4 is 23.3 Å². The molecule has 0 aromatic carbocycles. The van der Waals surface area contributed by atoms with E-state index in [-0.39, 0.29) is 16.6 Å². The molecule has 2 fully saturated rings. The zero-order valence-corrected chi connectivity index (χ0v) is 10.8. The van der Waals surface area contributed by atoms with Crippen LogP contribution in [0.3, 0.4) is 0 Å². The minimum absolute atomic E-state index is 0.125. The van der Waals surface area contributed by atoms with Gasteiger partial charge in [0.25, 0.3) is 0 Å². The molecule has 1 N–H and O–H groups in total. The molecule has 1 amide bonds. The van der Waals surface area contributed by atoms with Gasteiger partial charge in [-0.05, 0) is 49.0 Å². The molecule has 1 spiro atoms. The molecule has 0 saturated carbocycles. The van der Waals surface area contributed by atoms with Crippen LogP contribution in [-0.2, 0) is 4.79 Å². The predicted octanol–water partition coefficient (Wildman–Crippen LogP) is 1.24. The zero-order chi connectivity index (χ0) is 12.6. The molecule has 2 aliphatic rings. The Labute approximate surface area is 111 Å². The minimum Gasteiger partial charge on any atom is -0.317 e. The third kappa shape index (κ3) is 2.08. The molecule has 2 saturated heterocycles. The van der Waals surface area contributed by atoms with Crippen LogP contribution in [0.1, 0.15) is 19.3 Å². The standard InChI is InChI=1S/C12H15ClN4O/c13-11-15-4-1-9(16-11)17-8-12(7-10(17)18)2-5-14-6-3-12/h1,4,14H,2-3,5-8H2. The lowest BCUT2D eigenvalue weighted by atomic mass is 9.78. The number of amides is 1. The van der Waals surface area contributed by atoms with Crippen molar-refractivity contribution in [3.8, 4) is 0 Å². The molecule has 1 aromatic rings. The number of nitrogens with one attached hydrogen (secondary N) is 1. The van der Waals surface area contributed by atoms with Crippen LogP contribution >= 0.6 is 11.6 Å². The molecule has 96 valence electrons. The van der Waals surface area contributed by atoms with Crippen LogP contribution in [0.25, 0.3) is 0 Å². The van der Waals surface area contributed by atoms with E-state index in [4.69, 9.17) is 11.6 Å². The largest absolute Gasteiger partial charge is 0.317 e. The Morgan fingerprint density at radius 1 is 1.39 bits per heavy atom. The van der Waals surface area contributed by atoms with Gasteiger partial charge in [-0.15, -0.1) is 0 Å². The fraction of sp³-hybridized carbons (Fsp3) is 0.583. The van der Waals surface area contributed by atoms with Crippen LogP contribution in [0, 0.1) is 5.41 Å². The van der Waals surface area contributed by atoms with Gasteiger partial charge in [-0.25, -0.2) is 9.97 Å². The molecule has 0 aliphatic carbocycles. The van der Waals surface area contributed by atoms with E-state index in [0.29, 0.717) is 12.2 Å². The fourth-order valence-corrected chi connectivity index (χ4v) is 3.02. The lowest BCUT2D eigenvalue weighted by Gasteiger charge is -2.32. The van der Waals surface area contributed by atoms with Crippen molar-refractivity contribution in [1.29, 1.82) is 0 Å². The first-order valence-corrected chi connectivity index (χ1v) is 6.56. The maximum atomic E-state index is 12.2. The zero-order valence-electron chi connectivity index (χ0n) is 10.0. The van der Waals surface area contributed by atoms with Gasteiger partial charge in [0, 0.05) is 19.2 Å². The summed E-state index contributed by atoms with van der Waals surface area (Å²) in [5.41, 5.74) is 0.125. The number of carbonyl (C=O) groups is 1.